The van der Waals surface area contributed by atoms with Crippen LogP contribution in [0.5, 0.6) is 5.75 Å². The molecule has 0 spiro atoms. The molecule has 2 heterocycles. The van der Waals surface area contributed by atoms with Gasteiger partial charge >= 0.3 is 0 Å². The Kier molecular flexibility index (Phi) is 3.64. The van der Waals surface area contributed by atoms with Gasteiger partial charge in [-0.15, -0.1) is 0 Å². The summed E-state index contributed by atoms with van der Waals surface area (Å²) in [6.45, 7) is 3.69. The first-order valence-electron chi connectivity index (χ1n) is 6.09. The summed E-state index contributed by atoms with van der Waals surface area (Å²) in [4.78, 5) is 4.29. The number of rotatable bonds is 3. The van der Waals surface area contributed by atoms with Gasteiger partial charge in [0, 0.05) is 18.7 Å². The lowest BCUT2D eigenvalue weighted by Gasteiger charge is -2.36. The maximum absolute atomic E-state index is 10.7. The van der Waals surface area contributed by atoms with E-state index in [0.29, 0.717) is 11.4 Å². The Morgan fingerprint density at radius 2 is 2.41 bits per heavy atom. The normalized spacial score (nSPS) is 24.1. The minimum Gasteiger partial charge on any atom is -0.495 e. The van der Waals surface area contributed by atoms with E-state index in [4.69, 9.17) is 4.74 Å². The van der Waals surface area contributed by atoms with Crippen molar-refractivity contribution in [2.75, 3.05) is 20.2 Å². The van der Waals surface area contributed by atoms with E-state index in [9.17, 15) is 5.11 Å². The molecule has 1 aliphatic rings. The van der Waals surface area contributed by atoms with Crippen molar-refractivity contribution < 1.29 is 9.84 Å². The van der Waals surface area contributed by atoms with Crippen molar-refractivity contribution in [2.24, 2.45) is 5.92 Å². The number of aromatic nitrogens is 1. The molecule has 2 atom stereocenters. The molecule has 2 unspecified atom stereocenters. The molecule has 0 saturated carbocycles. The highest BCUT2D eigenvalue weighted by molar-refractivity contribution is 5.32. The zero-order valence-corrected chi connectivity index (χ0v) is 10.4. The quantitative estimate of drug-likeness (QED) is 0.830. The zero-order chi connectivity index (χ0) is 12.3. The highest BCUT2D eigenvalue weighted by Crippen LogP contribution is 2.36. The van der Waals surface area contributed by atoms with Crippen molar-refractivity contribution in [3.63, 3.8) is 0 Å². The number of ether oxygens (including phenoxy) is 1. The molecule has 0 radical (unpaired) electrons. The predicted octanol–water partition coefficient (Wildman–Crippen LogP) is 1.30. The largest absolute Gasteiger partial charge is 0.495 e. The predicted molar refractivity (Wildman–Crippen MR) is 66.0 cm³/mol. The summed E-state index contributed by atoms with van der Waals surface area (Å²) >= 11 is 0. The number of aliphatic hydroxyl groups is 1. The average Bonchev–Trinajstić information content (AvgIpc) is 2.39. The third kappa shape index (κ3) is 2.42. The summed E-state index contributed by atoms with van der Waals surface area (Å²) in [5.41, 5.74) is -0.309. The van der Waals surface area contributed by atoms with Gasteiger partial charge in [0.1, 0.15) is 17.0 Å². The van der Waals surface area contributed by atoms with Gasteiger partial charge in [0.25, 0.3) is 0 Å². The lowest BCUT2D eigenvalue weighted by atomic mass is 9.81. The third-order valence-electron chi connectivity index (χ3n) is 3.56. The van der Waals surface area contributed by atoms with Gasteiger partial charge in [0.2, 0.25) is 0 Å². The van der Waals surface area contributed by atoms with Crippen molar-refractivity contribution in [2.45, 2.75) is 25.4 Å². The Hall–Kier alpha value is -1.13. The van der Waals surface area contributed by atoms with E-state index < -0.39 is 5.60 Å². The molecule has 2 N–H and O–H groups in total. The van der Waals surface area contributed by atoms with E-state index in [1.54, 1.807) is 13.3 Å². The lowest BCUT2D eigenvalue weighted by molar-refractivity contribution is -0.0213. The second-order valence-electron chi connectivity index (χ2n) is 4.75. The second kappa shape index (κ2) is 5.02. The maximum atomic E-state index is 10.7. The van der Waals surface area contributed by atoms with Crippen molar-refractivity contribution in [3.8, 4) is 5.75 Å². The molecule has 2 rings (SSSR count). The van der Waals surface area contributed by atoms with E-state index in [2.05, 4.69) is 10.3 Å². The summed E-state index contributed by atoms with van der Waals surface area (Å²) in [6.07, 6.45) is 3.80. The topological polar surface area (TPSA) is 54.4 Å². The molecule has 1 fully saturated rings. The van der Waals surface area contributed by atoms with E-state index in [1.165, 1.54) is 0 Å². The Morgan fingerprint density at radius 1 is 1.59 bits per heavy atom. The summed E-state index contributed by atoms with van der Waals surface area (Å²) in [6, 6.07) is 3.66. The van der Waals surface area contributed by atoms with Crippen molar-refractivity contribution >= 4 is 0 Å². The maximum Gasteiger partial charge on any atom is 0.143 e. The molecule has 17 heavy (non-hydrogen) atoms. The van der Waals surface area contributed by atoms with Crippen LogP contribution in [0.1, 0.15) is 25.5 Å². The minimum absolute atomic E-state index is 0.181. The van der Waals surface area contributed by atoms with Gasteiger partial charge in [0.05, 0.1) is 7.11 Å². The van der Waals surface area contributed by atoms with Crippen LogP contribution in [0.2, 0.25) is 0 Å². The Labute approximate surface area is 102 Å². The van der Waals surface area contributed by atoms with E-state index in [-0.39, 0.29) is 5.92 Å². The summed E-state index contributed by atoms with van der Waals surface area (Å²) in [5.74, 6) is 0.836. The molecular formula is C13H20N2O2. The first-order valence-corrected chi connectivity index (χ1v) is 6.09. The monoisotopic (exact) mass is 236 g/mol. The number of hydrogen-bond acceptors (Lipinski definition) is 4. The number of methoxy groups -OCH3 is 1. The van der Waals surface area contributed by atoms with Crippen LogP contribution in [0.4, 0.5) is 0 Å². The smallest absolute Gasteiger partial charge is 0.143 e. The number of nitrogens with zero attached hydrogens (tertiary/aromatic N) is 1. The van der Waals surface area contributed by atoms with Gasteiger partial charge in [-0.2, -0.15) is 0 Å². The van der Waals surface area contributed by atoms with E-state index in [1.807, 2.05) is 19.1 Å². The van der Waals surface area contributed by atoms with Crippen LogP contribution in [0, 0.1) is 5.92 Å². The summed E-state index contributed by atoms with van der Waals surface area (Å²) in [5, 5.41) is 14.1. The van der Waals surface area contributed by atoms with Crippen LogP contribution < -0.4 is 10.1 Å². The van der Waals surface area contributed by atoms with Crippen LogP contribution in [-0.2, 0) is 5.60 Å². The van der Waals surface area contributed by atoms with Gasteiger partial charge in [-0.05, 0) is 38.4 Å². The highest BCUT2D eigenvalue weighted by Gasteiger charge is 2.37. The number of nitrogens with one attached hydrogen (secondary N) is 1. The molecule has 1 aliphatic heterocycles. The standard InChI is InChI=1S/C13H20N2O2/c1-13(16,10-5-3-7-14-9-10)12-11(17-2)6-4-8-15-12/h4,6,8,10,14,16H,3,5,7,9H2,1-2H3. The van der Waals surface area contributed by atoms with Crippen LogP contribution in [0.3, 0.4) is 0 Å². The van der Waals surface area contributed by atoms with Crippen molar-refractivity contribution in [1.29, 1.82) is 0 Å². The van der Waals surface area contributed by atoms with Crippen LogP contribution in [-0.4, -0.2) is 30.3 Å². The highest BCUT2D eigenvalue weighted by atomic mass is 16.5. The molecule has 4 nitrogen and oxygen atoms in total. The van der Waals surface area contributed by atoms with Gasteiger partial charge in [-0.25, -0.2) is 0 Å². The van der Waals surface area contributed by atoms with Gasteiger partial charge in [-0.1, -0.05) is 0 Å². The molecule has 1 aromatic heterocycles. The van der Waals surface area contributed by atoms with E-state index in [0.717, 1.165) is 25.9 Å². The molecule has 0 aliphatic carbocycles. The molecule has 0 amide bonds. The molecule has 1 aromatic rings. The zero-order valence-electron chi connectivity index (χ0n) is 10.4. The molecule has 4 heteroatoms. The van der Waals surface area contributed by atoms with Gasteiger partial charge in [-0.3, -0.25) is 4.98 Å². The number of piperidine rings is 1. The Balaban J connectivity index is 2.29. The molecule has 1 saturated heterocycles. The SMILES string of the molecule is COc1cccnc1C(C)(O)C1CCCNC1. The second-order valence-corrected chi connectivity index (χ2v) is 4.75. The van der Waals surface area contributed by atoms with Crippen LogP contribution in [0.25, 0.3) is 0 Å². The summed E-state index contributed by atoms with van der Waals surface area (Å²) < 4.78 is 5.28. The fourth-order valence-corrected chi connectivity index (χ4v) is 2.46. The molecule has 0 aromatic carbocycles. The fourth-order valence-electron chi connectivity index (χ4n) is 2.46. The minimum atomic E-state index is -0.944. The van der Waals surface area contributed by atoms with Crippen LogP contribution >= 0.6 is 0 Å². The van der Waals surface area contributed by atoms with Crippen LogP contribution in [0.15, 0.2) is 18.3 Å². The van der Waals surface area contributed by atoms with Gasteiger partial charge < -0.3 is 15.2 Å². The molecular weight excluding hydrogens is 216 g/mol. The van der Waals surface area contributed by atoms with E-state index >= 15 is 0 Å². The molecule has 0 bridgehead atoms. The Morgan fingerprint density at radius 3 is 3.06 bits per heavy atom. The van der Waals surface area contributed by atoms with Gasteiger partial charge in [0.15, 0.2) is 0 Å². The number of pyridine rings is 1. The first kappa shape index (κ1) is 12.3. The molecule has 94 valence electrons. The van der Waals surface area contributed by atoms with Crippen molar-refractivity contribution in [1.82, 2.24) is 10.3 Å². The Bertz CT molecular complexity index is 373. The number of hydrogen-bond donors (Lipinski definition) is 2. The fraction of sp³-hybridized carbons (Fsp3) is 0.615. The summed E-state index contributed by atoms with van der Waals surface area (Å²) in [7, 11) is 1.61. The van der Waals surface area contributed by atoms with Crippen molar-refractivity contribution in [3.05, 3.63) is 24.0 Å². The average molecular weight is 236 g/mol. The lowest BCUT2D eigenvalue weighted by Crippen LogP contribution is -2.43. The third-order valence-corrected chi connectivity index (χ3v) is 3.56. The first-order chi connectivity index (χ1) is 8.16.